The number of carbonyl (C=O) groups is 2. The monoisotopic (exact) mass is 359 g/mol. The number of hydrogen-bond donors (Lipinski definition) is 2. The molecule has 0 bridgehead atoms. The summed E-state index contributed by atoms with van der Waals surface area (Å²) < 4.78 is 0. The van der Waals surface area contributed by atoms with E-state index in [0.29, 0.717) is 23.4 Å². The molecule has 5 heteroatoms. The van der Waals surface area contributed by atoms with Gasteiger partial charge in [-0.25, -0.2) is 0 Å². The van der Waals surface area contributed by atoms with E-state index in [9.17, 15) is 9.59 Å². The first-order valence-corrected chi connectivity index (χ1v) is 9.27. The van der Waals surface area contributed by atoms with E-state index in [2.05, 4.69) is 10.6 Å². The van der Waals surface area contributed by atoms with Crippen LogP contribution in [0.3, 0.4) is 0 Å². The van der Waals surface area contributed by atoms with Crippen molar-refractivity contribution in [2.24, 2.45) is 0 Å². The van der Waals surface area contributed by atoms with Gasteiger partial charge in [-0.1, -0.05) is 24.3 Å². The topological polar surface area (TPSA) is 71.1 Å². The number of carbonyl (C=O) groups excluding carboxylic acids is 2. The first-order chi connectivity index (χ1) is 13.2. The first-order valence-electron chi connectivity index (χ1n) is 9.27. The van der Waals surface area contributed by atoms with Crippen LogP contribution in [0.25, 0.3) is 10.9 Å². The fraction of sp³-hybridized carbons (Fsp3) is 0.227. The number of aromatic nitrogens is 1. The predicted molar refractivity (Wildman–Crippen MR) is 106 cm³/mol. The Labute approximate surface area is 157 Å². The molecule has 4 rings (SSSR count). The van der Waals surface area contributed by atoms with Crippen molar-refractivity contribution in [3.63, 3.8) is 0 Å². The number of anilines is 1. The molecule has 0 saturated carbocycles. The summed E-state index contributed by atoms with van der Waals surface area (Å²) in [5, 5.41) is 6.61. The molecular formula is C22H21N3O2. The summed E-state index contributed by atoms with van der Waals surface area (Å²) in [5.41, 5.74) is 4.76. The fourth-order valence-electron chi connectivity index (χ4n) is 3.66. The van der Waals surface area contributed by atoms with Crippen molar-refractivity contribution in [2.75, 3.05) is 11.9 Å². The molecule has 1 aliphatic carbocycles. The number of para-hydroxylation sites is 1. The van der Waals surface area contributed by atoms with Crippen molar-refractivity contribution < 1.29 is 9.59 Å². The molecule has 0 fully saturated rings. The summed E-state index contributed by atoms with van der Waals surface area (Å²) in [4.78, 5) is 29.9. The van der Waals surface area contributed by atoms with E-state index in [4.69, 9.17) is 4.98 Å². The zero-order valence-corrected chi connectivity index (χ0v) is 15.2. The number of rotatable bonds is 4. The van der Waals surface area contributed by atoms with E-state index in [1.165, 1.54) is 0 Å². The van der Waals surface area contributed by atoms with Gasteiger partial charge in [-0.2, -0.15) is 0 Å². The molecule has 3 aromatic rings. The van der Waals surface area contributed by atoms with Crippen LogP contribution in [0, 0.1) is 0 Å². The lowest BCUT2D eigenvalue weighted by atomic mass is 10.0. The average Bonchev–Trinajstić information content (AvgIpc) is 3.14. The van der Waals surface area contributed by atoms with Crippen LogP contribution in [0.1, 0.15) is 45.3 Å². The summed E-state index contributed by atoms with van der Waals surface area (Å²) in [6, 6.07) is 14.8. The second kappa shape index (κ2) is 7.19. The van der Waals surface area contributed by atoms with Crippen LogP contribution >= 0.6 is 0 Å². The molecule has 5 nitrogen and oxygen atoms in total. The lowest BCUT2D eigenvalue weighted by Gasteiger charge is -2.13. The largest absolute Gasteiger partial charge is 0.352 e. The zero-order chi connectivity index (χ0) is 18.8. The number of nitrogens with one attached hydrogen (secondary N) is 2. The molecule has 136 valence electrons. The van der Waals surface area contributed by atoms with Gasteiger partial charge in [0, 0.05) is 28.9 Å². The molecule has 0 radical (unpaired) electrons. The Bertz CT molecular complexity index is 1040. The van der Waals surface area contributed by atoms with E-state index in [-0.39, 0.29) is 11.8 Å². The number of pyridine rings is 1. The number of aryl methyl sites for hydroxylation is 1. The van der Waals surface area contributed by atoms with Crippen molar-refractivity contribution in [3.8, 4) is 0 Å². The van der Waals surface area contributed by atoms with Gasteiger partial charge in [-0.15, -0.1) is 0 Å². The third-order valence-corrected chi connectivity index (χ3v) is 4.87. The predicted octanol–water partition coefficient (Wildman–Crippen LogP) is 3.73. The molecule has 2 N–H and O–H groups in total. The van der Waals surface area contributed by atoms with Gasteiger partial charge in [-0.05, 0) is 56.0 Å². The fourth-order valence-corrected chi connectivity index (χ4v) is 3.66. The standard InChI is InChI=1S/C22H21N3O2/c1-2-23-21(26)14-7-5-8-15(13-14)24-22(27)20-16-9-3-4-11-18(16)25-19-12-6-10-17(19)20/h3-5,7-9,11,13H,2,6,10,12H2,1H3,(H,23,26)(H,24,27). The van der Waals surface area contributed by atoms with E-state index >= 15 is 0 Å². The molecule has 0 atom stereocenters. The minimum Gasteiger partial charge on any atom is -0.352 e. The van der Waals surface area contributed by atoms with E-state index < -0.39 is 0 Å². The van der Waals surface area contributed by atoms with Crippen LogP contribution in [0.5, 0.6) is 0 Å². The number of amides is 2. The van der Waals surface area contributed by atoms with Gasteiger partial charge in [-0.3, -0.25) is 14.6 Å². The van der Waals surface area contributed by atoms with Crippen molar-refractivity contribution in [2.45, 2.75) is 26.2 Å². The Morgan fingerprint density at radius 2 is 1.89 bits per heavy atom. The minimum atomic E-state index is -0.153. The highest BCUT2D eigenvalue weighted by atomic mass is 16.2. The molecule has 0 saturated heterocycles. The van der Waals surface area contributed by atoms with Crippen molar-refractivity contribution in [1.29, 1.82) is 0 Å². The number of fused-ring (bicyclic) bond motifs is 2. The Balaban J connectivity index is 1.71. The SMILES string of the molecule is CCNC(=O)c1cccc(NC(=O)c2c3c(nc4ccccc24)CCC3)c1. The summed E-state index contributed by atoms with van der Waals surface area (Å²) in [6.45, 7) is 2.43. The lowest BCUT2D eigenvalue weighted by Crippen LogP contribution is -2.23. The van der Waals surface area contributed by atoms with Gasteiger partial charge >= 0.3 is 0 Å². The van der Waals surface area contributed by atoms with Crippen molar-refractivity contribution in [1.82, 2.24) is 10.3 Å². The van der Waals surface area contributed by atoms with Crippen molar-refractivity contribution >= 4 is 28.4 Å². The maximum absolute atomic E-state index is 13.2. The number of nitrogens with zero attached hydrogens (tertiary/aromatic N) is 1. The van der Waals surface area contributed by atoms with E-state index in [1.54, 1.807) is 24.3 Å². The maximum Gasteiger partial charge on any atom is 0.256 e. The van der Waals surface area contributed by atoms with Crippen LogP contribution in [0.15, 0.2) is 48.5 Å². The minimum absolute atomic E-state index is 0.149. The van der Waals surface area contributed by atoms with Gasteiger partial charge < -0.3 is 10.6 Å². The zero-order valence-electron chi connectivity index (χ0n) is 15.2. The highest BCUT2D eigenvalue weighted by Gasteiger charge is 2.23. The molecule has 2 aromatic carbocycles. The summed E-state index contributed by atoms with van der Waals surface area (Å²) >= 11 is 0. The highest BCUT2D eigenvalue weighted by Crippen LogP contribution is 2.30. The Hall–Kier alpha value is -3.21. The summed E-state index contributed by atoms with van der Waals surface area (Å²) in [7, 11) is 0. The van der Waals surface area contributed by atoms with Gasteiger partial charge in [0.05, 0.1) is 11.1 Å². The molecule has 0 aliphatic heterocycles. The second-order valence-corrected chi connectivity index (χ2v) is 6.68. The molecular weight excluding hydrogens is 338 g/mol. The normalized spacial score (nSPS) is 12.6. The average molecular weight is 359 g/mol. The van der Waals surface area contributed by atoms with Crippen LogP contribution < -0.4 is 10.6 Å². The van der Waals surface area contributed by atoms with Gasteiger partial charge in [0.1, 0.15) is 0 Å². The molecule has 0 spiro atoms. The first kappa shape index (κ1) is 17.2. The molecule has 27 heavy (non-hydrogen) atoms. The summed E-state index contributed by atoms with van der Waals surface area (Å²) in [6.07, 6.45) is 2.80. The maximum atomic E-state index is 13.2. The van der Waals surface area contributed by atoms with Crippen LogP contribution in [0.2, 0.25) is 0 Å². The van der Waals surface area contributed by atoms with E-state index in [0.717, 1.165) is 41.4 Å². The van der Waals surface area contributed by atoms with Gasteiger partial charge in [0.25, 0.3) is 11.8 Å². The van der Waals surface area contributed by atoms with Crippen LogP contribution in [-0.2, 0) is 12.8 Å². The Kier molecular flexibility index (Phi) is 4.59. The Morgan fingerprint density at radius 3 is 2.74 bits per heavy atom. The van der Waals surface area contributed by atoms with E-state index in [1.807, 2.05) is 31.2 Å². The van der Waals surface area contributed by atoms with Gasteiger partial charge in [0.15, 0.2) is 0 Å². The number of hydrogen-bond acceptors (Lipinski definition) is 3. The summed E-state index contributed by atoms with van der Waals surface area (Å²) in [5.74, 6) is -0.302. The van der Waals surface area contributed by atoms with Crippen LogP contribution in [0.4, 0.5) is 5.69 Å². The lowest BCUT2D eigenvalue weighted by molar-refractivity contribution is 0.0954. The molecule has 2 amide bonds. The highest BCUT2D eigenvalue weighted by molar-refractivity contribution is 6.14. The molecule has 1 heterocycles. The quantitative estimate of drug-likeness (QED) is 0.746. The van der Waals surface area contributed by atoms with Crippen molar-refractivity contribution in [3.05, 3.63) is 70.9 Å². The number of benzene rings is 2. The smallest absolute Gasteiger partial charge is 0.256 e. The second-order valence-electron chi connectivity index (χ2n) is 6.68. The molecule has 0 unspecified atom stereocenters. The van der Waals surface area contributed by atoms with Crippen LogP contribution in [-0.4, -0.2) is 23.3 Å². The Morgan fingerprint density at radius 1 is 1.04 bits per heavy atom. The third kappa shape index (κ3) is 3.28. The third-order valence-electron chi connectivity index (χ3n) is 4.87. The van der Waals surface area contributed by atoms with Gasteiger partial charge in [0.2, 0.25) is 0 Å². The molecule has 1 aliphatic rings. The molecule has 1 aromatic heterocycles.